The molecule has 0 spiro atoms. The lowest BCUT2D eigenvalue weighted by atomic mass is 10.1. The fourth-order valence-corrected chi connectivity index (χ4v) is 2.88. The van der Waals surface area contributed by atoms with E-state index in [0.717, 1.165) is 21.9 Å². The molecule has 0 saturated heterocycles. The predicted octanol–water partition coefficient (Wildman–Crippen LogP) is 4.93. The molecule has 0 saturated carbocycles. The van der Waals surface area contributed by atoms with Crippen LogP contribution in [-0.2, 0) is 10.5 Å². The van der Waals surface area contributed by atoms with Gasteiger partial charge in [0, 0.05) is 16.2 Å². The van der Waals surface area contributed by atoms with Gasteiger partial charge in [-0.2, -0.15) is 0 Å². The topological polar surface area (TPSA) is 52.3 Å². The van der Waals surface area contributed by atoms with Crippen molar-refractivity contribution in [2.45, 2.75) is 12.7 Å². The van der Waals surface area contributed by atoms with E-state index in [1.807, 2.05) is 13.0 Å². The number of methoxy groups -OCH3 is 1. The summed E-state index contributed by atoms with van der Waals surface area (Å²) < 4.78 is 10.4. The molecule has 0 aliphatic rings. The number of benzene rings is 1. The number of carbonyl (C=O) groups excluding carboxylic acids is 1. The third-order valence-corrected chi connectivity index (χ3v) is 4.36. The van der Waals surface area contributed by atoms with Gasteiger partial charge in [-0.1, -0.05) is 25.3 Å². The number of nitrogens with zero attached hydrogens (tertiary/aromatic N) is 1. The van der Waals surface area contributed by atoms with E-state index < -0.39 is 0 Å². The lowest BCUT2D eigenvalue weighted by molar-refractivity contribution is 0.0600. The molecule has 0 unspecified atom stereocenters. The number of rotatable bonds is 7. The van der Waals surface area contributed by atoms with Crippen molar-refractivity contribution in [3.05, 3.63) is 77.6 Å². The van der Waals surface area contributed by atoms with E-state index >= 15 is 0 Å². The van der Waals surface area contributed by atoms with Crippen molar-refractivity contribution in [3.63, 3.8) is 0 Å². The molecule has 0 aliphatic carbocycles. The van der Waals surface area contributed by atoms with Crippen LogP contribution in [0.5, 0.6) is 0 Å². The average Bonchev–Trinajstić information content (AvgIpc) is 2.99. The van der Waals surface area contributed by atoms with Crippen LogP contribution in [-0.4, -0.2) is 18.1 Å². The van der Waals surface area contributed by atoms with Crippen molar-refractivity contribution in [3.8, 4) is 11.5 Å². The molecule has 24 heavy (non-hydrogen) atoms. The zero-order valence-corrected chi connectivity index (χ0v) is 14.6. The normalized spacial score (nSPS) is 11.2. The summed E-state index contributed by atoms with van der Waals surface area (Å²) in [5.74, 6) is 1.62. The fourth-order valence-electron chi connectivity index (χ4n) is 2.00. The molecule has 1 heterocycles. The van der Waals surface area contributed by atoms with Gasteiger partial charge in [-0.25, -0.2) is 9.78 Å². The van der Waals surface area contributed by atoms with Gasteiger partial charge in [-0.05, 0) is 37.3 Å². The van der Waals surface area contributed by atoms with E-state index in [0.29, 0.717) is 17.2 Å². The first kappa shape index (κ1) is 17.8. The van der Waals surface area contributed by atoms with Crippen molar-refractivity contribution < 1.29 is 13.9 Å². The number of thioether (sulfide) groups is 1. The Morgan fingerprint density at radius 2 is 2.04 bits per heavy atom. The van der Waals surface area contributed by atoms with Crippen LogP contribution < -0.4 is 0 Å². The highest BCUT2D eigenvalue weighted by molar-refractivity contribution is 8.02. The highest BCUT2D eigenvalue weighted by Crippen LogP contribution is 2.27. The molecule has 0 bridgehead atoms. The number of esters is 1. The number of carbonyl (C=O) groups is 1. The van der Waals surface area contributed by atoms with Gasteiger partial charge in [0.25, 0.3) is 0 Å². The number of aryl methyl sites for hydroxylation is 1. The number of allylic oxidation sites excluding steroid dienone is 3. The van der Waals surface area contributed by atoms with Crippen LogP contribution in [0, 0.1) is 6.92 Å². The second-order valence-corrected chi connectivity index (χ2v) is 5.94. The molecule has 0 radical (unpaired) electrons. The number of oxazole rings is 1. The minimum Gasteiger partial charge on any atom is -0.465 e. The Bertz CT molecular complexity index is 772. The van der Waals surface area contributed by atoms with Gasteiger partial charge in [-0.3, -0.25) is 0 Å². The van der Waals surface area contributed by atoms with Gasteiger partial charge < -0.3 is 9.15 Å². The zero-order chi connectivity index (χ0) is 17.5. The van der Waals surface area contributed by atoms with Gasteiger partial charge in [-0.15, -0.1) is 11.8 Å². The van der Waals surface area contributed by atoms with Crippen molar-refractivity contribution in [2.75, 3.05) is 7.11 Å². The van der Waals surface area contributed by atoms with E-state index in [9.17, 15) is 4.79 Å². The Morgan fingerprint density at radius 3 is 2.62 bits per heavy atom. The predicted molar refractivity (Wildman–Crippen MR) is 97.8 cm³/mol. The smallest absolute Gasteiger partial charge is 0.337 e. The lowest BCUT2D eigenvalue weighted by Gasteiger charge is -2.00. The van der Waals surface area contributed by atoms with Crippen LogP contribution in [0.25, 0.3) is 11.5 Å². The Kier molecular flexibility index (Phi) is 6.21. The molecule has 0 aliphatic heterocycles. The van der Waals surface area contributed by atoms with Crippen molar-refractivity contribution >= 4 is 17.7 Å². The monoisotopic (exact) mass is 341 g/mol. The fraction of sp³-hybridized carbons (Fsp3) is 0.158. The van der Waals surface area contributed by atoms with Crippen molar-refractivity contribution in [1.82, 2.24) is 4.98 Å². The first-order valence-electron chi connectivity index (χ1n) is 7.32. The summed E-state index contributed by atoms with van der Waals surface area (Å²) >= 11 is 1.62. The molecule has 124 valence electrons. The largest absolute Gasteiger partial charge is 0.465 e. The summed E-state index contributed by atoms with van der Waals surface area (Å²) in [7, 11) is 1.36. The van der Waals surface area contributed by atoms with Gasteiger partial charge >= 0.3 is 5.97 Å². The minimum absolute atomic E-state index is 0.367. The molecule has 0 N–H and O–H groups in total. The average molecular weight is 341 g/mol. The SMILES string of the molecule is C=CC=C(C=C)SCc1nc(-c2ccc(C(=O)OC)cc2)oc1C. The molecule has 5 heteroatoms. The number of aromatic nitrogens is 1. The molecule has 1 aromatic carbocycles. The molecule has 2 rings (SSSR count). The van der Waals surface area contributed by atoms with Crippen LogP contribution in [0.2, 0.25) is 0 Å². The molecule has 0 amide bonds. The van der Waals surface area contributed by atoms with E-state index in [1.54, 1.807) is 48.2 Å². The molecule has 2 aromatic rings. The maximum absolute atomic E-state index is 11.5. The summed E-state index contributed by atoms with van der Waals surface area (Å²) in [6.45, 7) is 9.35. The van der Waals surface area contributed by atoms with Gasteiger partial charge in [0.05, 0.1) is 18.4 Å². The molecule has 1 aromatic heterocycles. The van der Waals surface area contributed by atoms with Crippen LogP contribution in [0.4, 0.5) is 0 Å². The molecule has 0 atom stereocenters. The number of ether oxygens (including phenoxy) is 1. The van der Waals surface area contributed by atoms with E-state index in [-0.39, 0.29) is 5.97 Å². The first-order valence-corrected chi connectivity index (χ1v) is 8.30. The van der Waals surface area contributed by atoms with Crippen LogP contribution >= 0.6 is 11.8 Å². The number of hydrogen-bond donors (Lipinski definition) is 0. The van der Waals surface area contributed by atoms with E-state index in [4.69, 9.17) is 4.42 Å². The Hall–Kier alpha value is -2.53. The van der Waals surface area contributed by atoms with Crippen LogP contribution in [0.3, 0.4) is 0 Å². The molecule has 4 nitrogen and oxygen atoms in total. The standard InChI is InChI=1S/C19H19NO3S/c1-5-7-16(6-2)24-12-17-13(3)23-18(20-17)14-8-10-15(11-9-14)19(21)22-4/h5-11H,1-2,12H2,3-4H3. The quantitative estimate of drug-likeness (QED) is 0.528. The maximum Gasteiger partial charge on any atom is 0.337 e. The lowest BCUT2D eigenvalue weighted by Crippen LogP contribution is -2.00. The second-order valence-electron chi connectivity index (χ2n) is 4.89. The zero-order valence-electron chi connectivity index (χ0n) is 13.7. The maximum atomic E-state index is 11.5. The molecule has 0 fully saturated rings. The summed E-state index contributed by atoms with van der Waals surface area (Å²) in [5.41, 5.74) is 2.18. The Labute approximate surface area is 145 Å². The highest BCUT2D eigenvalue weighted by atomic mass is 32.2. The summed E-state index contributed by atoms with van der Waals surface area (Å²) in [4.78, 5) is 17.0. The van der Waals surface area contributed by atoms with Crippen LogP contribution in [0.15, 0.2) is 65.0 Å². The third kappa shape index (κ3) is 4.26. The van der Waals surface area contributed by atoms with Crippen molar-refractivity contribution in [2.24, 2.45) is 0 Å². The van der Waals surface area contributed by atoms with Gasteiger partial charge in [0.15, 0.2) is 0 Å². The molecular formula is C19H19NO3S. The molecular weight excluding hydrogens is 322 g/mol. The second kappa shape index (κ2) is 8.36. The Balaban J connectivity index is 2.16. The van der Waals surface area contributed by atoms with Crippen LogP contribution in [0.1, 0.15) is 21.8 Å². The van der Waals surface area contributed by atoms with Gasteiger partial charge in [0.1, 0.15) is 5.76 Å². The Morgan fingerprint density at radius 1 is 1.33 bits per heavy atom. The van der Waals surface area contributed by atoms with E-state index in [1.165, 1.54) is 7.11 Å². The van der Waals surface area contributed by atoms with Crippen molar-refractivity contribution in [1.29, 1.82) is 0 Å². The third-order valence-electron chi connectivity index (χ3n) is 3.30. The minimum atomic E-state index is -0.367. The van der Waals surface area contributed by atoms with E-state index in [2.05, 4.69) is 22.9 Å². The first-order chi connectivity index (χ1) is 11.6. The van der Waals surface area contributed by atoms with Gasteiger partial charge in [0.2, 0.25) is 5.89 Å². The summed E-state index contributed by atoms with van der Waals surface area (Å²) in [6, 6.07) is 6.97. The highest BCUT2D eigenvalue weighted by Gasteiger charge is 2.13. The number of hydrogen-bond acceptors (Lipinski definition) is 5. The summed E-state index contributed by atoms with van der Waals surface area (Å²) in [6.07, 6.45) is 5.42. The summed E-state index contributed by atoms with van der Waals surface area (Å²) in [5, 5.41) is 0.